The fourth-order valence-corrected chi connectivity index (χ4v) is 2.48. The summed E-state index contributed by atoms with van der Waals surface area (Å²) in [6.07, 6.45) is 1.62. The molecule has 100 valence electrons. The van der Waals surface area contributed by atoms with Crippen LogP contribution in [0.3, 0.4) is 0 Å². The Bertz CT molecular complexity index is 689. The lowest BCUT2D eigenvalue weighted by atomic mass is 10.2. The highest BCUT2D eigenvalue weighted by molar-refractivity contribution is 6.83. The van der Waals surface area contributed by atoms with Crippen molar-refractivity contribution in [3.8, 4) is 11.5 Å². The normalized spacial score (nSPS) is 11.5. The third kappa shape index (κ3) is 2.83. The Morgan fingerprint density at radius 3 is 2.68 bits per heavy atom. The maximum atomic E-state index is 14.4. The number of nitrogens with zero attached hydrogens (tertiary/aromatic N) is 2. The first-order chi connectivity index (χ1) is 8.83. The van der Waals surface area contributed by atoms with Crippen molar-refractivity contribution in [3.05, 3.63) is 28.8 Å². The Morgan fingerprint density at radius 1 is 1.42 bits per heavy atom. The summed E-state index contributed by atoms with van der Waals surface area (Å²) in [5.74, 6) is 2.48. The Labute approximate surface area is 118 Å². The molecule has 0 saturated carbocycles. The first-order valence-electron chi connectivity index (χ1n) is 6.19. The highest BCUT2D eigenvalue weighted by Crippen LogP contribution is 2.27. The van der Waals surface area contributed by atoms with E-state index in [-0.39, 0.29) is 5.56 Å². The van der Waals surface area contributed by atoms with Crippen molar-refractivity contribution in [2.45, 2.75) is 33.1 Å². The van der Waals surface area contributed by atoms with Crippen molar-refractivity contribution >= 4 is 30.7 Å². The molecule has 0 fully saturated rings. The van der Waals surface area contributed by atoms with Gasteiger partial charge in [0.25, 0.3) is 0 Å². The Morgan fingerprint density at radius 2 is 2.11 bits per heavy atom. The van der Waals surface area contributed by atoms with Crippen LogP contribution < -0.4 is 0 Å². The Balaban J connectivity index is 2.66. The van der Waals surface area contributed by atoms with Gasteiger partial charge >= 0.3 is 0 Å². The zero-order chi connectivity index (χ0) is 14.2. The largest absolute Gasteiger partial charge is 0.331 e. The molecule has 0 aliphatic rings. The average molecular weight is 295 g/mol. The smallest absolute Gasteiger partial charge is 0.168 e. The Hall–Kier alpha value is -1.31. The van der Waals surface area contributed by atoms with Crippen LogP contribution in [0.2, 0.25) is 24.7 Å². The van der Waals surface area contributed by atoms with Crippen molar-refractivity contribution in [3.63, 3.8) is 0 Å². The maximum Gasteiger partial charge on any atom is 0.168 e. The molecule has 5 heteroatoms. The molecular formula is C14H16ClFN2Si. The molecule has 2 aromatic rings. The van der Waals surface area contributed by atoms with Crippen LogP contribution in [-0.2, 0) is 6.54 Å². The van der Waals surface area contributed by atoms with E-state index in [4.69, 9.17) is 11.6 Å². The second kappa shape index (κ2) is 4.99. The van der Waals surface area contributed by atoms with Gasteiger partial charge in [0.2, 0.25) is 0 Å². The summed E-state index contributed by atoms with van der Waals surface area (Å²) in [5, 5.41) is 0.353. The van der Waals surface area contributed by atoms with Crippen molar-refractivity contribution in [2.24, 2.45) is 0 Å². The molecule has 0 unspecified atom stereocenters. The van der Waals surface area contributed by atoms with Gasteiger partial charge in [0.1, 0.15) is 13.6 Å². The molecule has 0 spiro atoms. The SMILES string of the molecule is CCn1cnc2c(F)c(C#C[Si](C)(C)C)c(Cl)cc21. The standard InChI is InChI=1S/C14H16ClFN2Si/c1-5-18-9-17-14-12(18)8-11(15)10(13(14)16)6-7-19(2,3)4/h8-9H,5H2,1-4H3. The van der Waals surface area contributed by atoms with Gasteiger partial charge in [0.05, 0.1) is 22.4 Å². The summed E-state index contributed by atoms with van der Waals surface area (Å²) in [7, 11) is -1.57. The van der Waals surface area contributed by atoms with Gasteiger partial charge in [-0.05, 0) is 13.0 Å². The van der Waals surface area contributed by atoms with Gasteiger partial charge in [-0.25, -0.2) is 9.37 Å². The van der Waals surface area contributed by atoms with Crippen LogP contribution in [-0.4, -0.2) is 17.6 Å². The van der Waals surface area contributed by atoms with E-state index >= 15 is 0 Å². The second-order valence-corrected chi connectivity index (χ2v) is 10.6. The van der Waals surface area contributed by atoms with E-state index in [0.717, 1.165) is 6.54 Å². The van der Waals surface area contributed by atoms with Crippen LogP contribution >= 0.6 is 11.6 Å². The summed E-state index contributed by atoms with van der Waals surface area (Å²) in [6.45, 7) is 9.03. The summed E-state index contributed by atoms with van der Waals surface area (Å²) in [5.41, 5.74) is 4.45. The number of fused-ring (bicyclic) bond motifs is 1. The molecule has 2 rings (SSSR count). The van der Waals surface area contributed by atoms with Crippen LogP contribution in [0.15, 0.2) is 12.4 Å². The highest BCUT2D eigenvalue weighted by Gasteiger charge is 2.15. The lowest BCUT2D eigenvalue weighted by Gasteiger charge is -2.06. The monoisotopic (exact) mass is 294 g/mol. The molecule has 0 aliphatic carbocycles. The molecule has 0 saturated heterocycles. The first-order valence-corrected chi connectivity index (χ1v) is 10.1. The molecule has 1 aromatic carbocycles. The van der Waals surface area contributed by atoms with Crippen LogP contribution in [0.5, 0.6) is 0 Å². The van der Waals surface area contributed by atoms with Gasteiger partial charge in [0.15, 0.2) is 5.82 Å². The number of aryl methyl sites for hydroxylation is 1. The molecule has 1 heterocycles. The van der Waals surface area contributed by atoms with E-state index in [2.05, 4.69) is 36.1 Å². The molecule has 0 N–H and O–H groups in total. The van der Waals surface area contributed by atoms with Gasteiger partial charge in [-0.1, -0.05) is 37.2 Å². The van der Waals surface area contributed by atoms with E-state index < -0.39 is 13.9 Å². The molecular weight excluding hydrogens is 279 g/mol. The van der Waals surface area contributed by atoms with Gasteiger partial charge in [-0.2, -0.15) is 0 Å². The zero-order valence-corrected chi connectivity index (χ0v) is 13.3. The quantitative estimate of drug-likeness (QED) is 0.572. The fraction of sp³-hybridized carbons (Fsp3) is 0.357. The van der Waals surface area contributed by atoms with Gasteiger partial charge < -0.3 is 4.57 Å². The van der Waals surface area contributed by atoms with E-state index in [1.54, 1.807) is 12.4 Å². The molecule has 0 radical (unpaired) electrons. The summed E-state index contributed by atoms with van der Waals surface area (Å²) in [6, 6.07) is 1.74. The lowest BCUT2D eigenvalue weighted by Crippen LogP contribution is -2.16. The summed E-state index contributed by atoms with van der Waals surface area (Å²) >= 11 is 6.16. The highest BCUT2D eigenvalue weighted by atomic mass is 35.5. The third-order valence-corrected chi connectivity index (χ3v) is 3.88. The van der Waals surface area contributed by atoms with Crippen molar-refractivity contribution in [1.82, 2.24) is 9.55 Å². The first kappa shape index (κ1) is 14.1. The van der Waals surface area contributed by atoms with Crippen LogP contribution in [0.1, 0.15) is 12.5 Å². The average Bonchev–Trinajstić information content (AvgIpc) is 2.70. The second-order valence-electron chi connectivity index (χ2n) is 5.45. The van der Waals surface area contributed by atoms with Crippen molar-refractivity contribution < 1.29 is 4.39 Å². The number of benzene rings is 1. The fourth-order valence-electron chi connectivity index (χ4n) is 1.74. The number of halogens is 2. The molecule has 2 nitrogen and oxygen atoms in total. The molecule has 0 aliphatic heterocycles. The van der Waals surface area contributed by atoms with Crippen LogP contribution in [0.25, 0.3) is 11.0 Å². The van der Waals surface area contributed by atoms with Crippen molar-refractivity contribution in [2.75, 3.05) is 0 Å². The molecule has 0 atom stereocenters. The van der Waals surface area contributed by atoms with Crippen LogP contribution in [0, 0.1) is 17.3 Å². The minimum Gasteiger partial charge on any atom is -0.331 e. The van der Waals surface area contributed by atoms with E-state index in [1.165, 1.54) is 0 Å². The maximum absolute atomic E-state index is 14.4. The number of hydrogen-bond acceptors (Lipinski definition) is 1. The van der Waals surface area contributed by atoms with E-state index in [1.807, 2.05) is 11.5 Å². The van der Waals surface area contributed by atoms with Crippen molar-refractivity contribution in [1.29, 1.82) is 0 Å². The van der Waals surface area contributed by atoms with Gasteiger partial charge in [0, 0.05) is 6.54 Å². The number of imidazole rings is 1. The van der Waals surface area contributed by atoms with E-state index in [9.17, 15) is 4.39 Å². The minimum atomic E-state index is -1.57. The summed E-state index contributed by atoms with van der Waals surface area (Å²) in [4.78, 5) is 4.11. The minimum absolute atomic E-state index is 0.262. The molecule has 19 heavy (non-hydrogen) atoms. The predicted molar refractivity (Wildman–Crippen MR) is 80.6 cm³/mol. The summed E-state index contributed by atoms with van der Waals surface area (Å²) < 4.78 is 16.3. The molecule has 0 bridgehead atoms. The van der Waals surface area contributed by atoms with Gasteiger partial charge in [-0.15, -0.1) is 5.54 Å². The van der Waals surface area contributed by atoms with E-state index in [0.29, 0.717) is 16.1 Å². The molecule has 1 aromatic heterocycles. The van der Waals surface area contributed by atoms with Crippen LogP contribution in [0.4, 0.5) is 4.39 Å². The number of aromatic nitrogens is 2. The zero-order valence-electron chi connectivity index (χ0n) is 11.5. The predicted octanol–water partition coefficient (Wildman–Crippen LogP) is 4.08. The third-order valence-electron chi connectivity index (χ3n) is 2.71. The molecule has 0 amide bonds. The number of hydrogen-bond donors (Lipinski definition) is 0. The van der Waals surface area contributed by atoms with Gasteiger partial charge in [-0.3, -0.25) is 0 Å². The lowest BCUT2D eigenvalue weighted by molar-refractivity contribution is 0.634. The Kier molecular flexibility index (Phi) is 3.70. The number of rotatable bonds is 1. The topological polar surface area (TPSA) is 17.8 Å².